The minimum atomic E-state index is -0.0536. The van der Waals surface area contributed by atoms with Gasteiger partial charge in [-0.15, -0.1) is 0 Å². The molecule has 1 aromatic rings. The Bertz CT molecular complexity index is 417. The van der Waals surface area contributed by atoms with Crippen molar-refractivity contribution in [3.63, 3.8) is 0 Å². The molecule has 1 saturated heterocycles. The van der Waals surface area contributed by atoms with Crippen LogP contribution in [-0.4, -0.2) is 19.0 Å². The van der Waals surface area contributed by atoms with Gasteiger partial charge in [0.15, 0.2) is 0 Å². The van der Waals surface area contributed by atoms with Gasteiger partial charge in [0.05, 0.1) is 13.2 Å². The average molecular weight is 218 g/mol. The van der Waals surface area contributed by atoms with Crippen molar-refractivity contribution >= 4 is 5.78 Å². The summed E-state index contributed by atoms with van der Waals surface area (Å²) in [6.45, 7) is 7.21. The fourth-order valence-electron chi connectivity index (χ4n) is 2.48. The summed E-state index contributed by atoms with van der Waals surface area (Å²) in [4.78, 5) is 11.4. The van der Waals surface area contributed by atoms with Crippen molar-refractivity contribution in [1.82, 2.24) is 0 Å². The largest absolute Gasteiger partial charge is 0.379 e. The first-order valence-corrected chi connectivity index (χ1v) is 5.68. The first-order valence-electron chi connectivity index (χ1n) is 5.68. The summed E-state index contributed by atoms with van der Waals surface area (Å²) >= 11 is 0. The molecule has 0 atom stereocenters. The topological polar surface area (TPSA) is 26.3 Å². The molecule has 0 bridgehead atoms. The quantitative estimate of drug-likeness (QED) is 0.779. The van der Waals surface area contributed by atoms with Crippen LogP contribution in [0.25, 0.3) is 0 Å². The zero-order valence-corrected chi connectivity index (χ0v) is 10.2. The van der Waals surface area contributed by atoms with Gasteiger partial charge in [-0.1, -0.05) is 23.8 Å². The fourth-order valence-corrected chi connectivity index (χ4v) is 2.48. The molecule has 0 aliphatic carbocycles. The van der Waals surface area contributed by atoms with Gasteiger partial charge in [-0.2, -0.15) is 0 Å². The summed E-state index contributed by atoms with van der Waals surface area (Å²) in [6, 6.07) is 6.44. The van der Waals surface area contributed by atoms with Crippen LogP contribution in [0.15, 0.2) is 18.2 Å². The van der Waals surface area contributed by atoms with Crippen molar-refractivity contribution in [3.05, 3.63) is 34.9 Å². The third kappa shape index (κ3) is 1.90. The lowest BCUT2D eigenvalue weighted by Crippen LogP contribution is -2.48. The van der Waals surface area contributed by atoms with Crippen molar-refractivity contribution in [2.75, 3.05) is 13.2 Å². The molecule has 2 rings (SSSR count). The molecule has 0 radical (unpaired) electrons. The van der Waals surface area contributed by atoms with Crippen LogP contribution < -0.4 is 0 Å². The first-order chi connectivity index (χ1) is 7.53. The Morgan fingerprint density at radius 3 is 2.56 bits per heavy atom. The van der Waals surface area contributed by atoms with Crippen LogP contribution in [-0.2, 0) is 14.9 Å². The predicted octanol–water partition coefficient (Wildman–Crippen LogP) is 2.55. The van der Waals surface area contributed by atoms with Crippen LogP contribution >= 0.6 is 0 Å². The second kappa shape index (κ2) is 4.02. The number of carbonyl (C=O) groups excluding carboxylic acids is 1. The third-order valence-corrected chi connectivity index (χ3v) is 3.31. The molecule has 2 nitrogen and oxygen atoms in total. The minimum absolute atomic E-state index is 0.0536. The molecule has 1 heterocycles. The van der Waals surface area contributed by atoms with Gasteiger partial charge < -0.3 is 4.74 Å². The van der Waals surface area contributed by atoms with Gasteiger partial charge in [-0.3, -0.25) is 4.79 Å². The van der Waals surface area contributed by atoms with Crippen molar-refractivity contribution in [2.45, 2.75) is 32.6 Å². The lowest BCUT2D eigenvalue weighted by Gasteiger charge is -2.42. The Labute approximate surface area is 96.6 Å². The van der Waals surface area contributed by atoms with E-state index in [1.54, 1.807) is 6.92 Å². The van der Waals surface area contributed by atoms with E-state index in [0.717, 1.165) is 0 Å². The van der Waals surface area contributed by atoms with Gasteiger partial charge >= 0.3 is 0 Å². The van der Waals surface area contributed by atoms with Crippen LogP contribution in [0, 0.1) is 13.8 Å². The average Bonchev–Trinajstić information content (AvgIpc) is 2.15. The van der Waals surface area contributed by atoms with E-state index in [1.807, 2.05) is 0 Å². The standard InChI is InChI=1S/C14H18O2/c1-10-4-5-11(2)13(6-10)14(7-12(3)15)8-16-9-14/h4-6H,7-9H2,1-3H3. The number of ether oxygens (including phenoxy) is 1. The van der Waals surface area contributed by atoms with E-state index in [9.17, 15) is 4.79 Å². The molecule has 0 saturated carbocycles. The monoisotopic (exact) mass is 218 g/mol. The van der Waals surface area contributed by atoms with Crippen LogP contribution in [0.1, 0.15) is 30.0 Å². The summed E-state index contributed by atoms with van der Waals surface area (Å²) < 4.78 is 5.34. The molecular formula is C14H18O2. The maximum atomic E-state index is 11.4. The van der Waals surface area contributed by atoms with Gasteiger partial charge in [0.25, 0.3) is 0 Å². The number of aryl methyl sites for hydroxylation is 2. The van der Waals surface area contributed by atoms with Gasteiger partial charge in [0.1, 0.15) is 5.78 Å². The highest BCUT2D eigenvalue weighted by Gasteiger charge is 2.42. The number of hydrogen-bond acceptors (Lipinski definition) is 2. The van der Waals surface area contributed by atoms with Gasteiger partial charge in [-0.25, -0.2) is 0 Å². The van der Waals surface area contributed by atoms with Gasteiger partial charge in [-0.05, 0) is 31.9 Å². The zero-order valence-electron chi connectivity index (χ0n) is 10.2. The lowest BCUT2D eigenvalue weighted by atomic mass is 9.73. The number of hydrogen-bond donors (Lipinski definition) is 0. The van der Waals surface area contributed by atoms with Crippen molar-refractivity contribution in [1.29, 1.82) is 0 Å². The van der Waals surface area contributed by atoms with E-state index in [4.69, 9.17) is 4.74 Å². The molecule has 1 aliphatic rings. The van der Waals surface area contributed by atoms with E-state index in [-0.39, 0.29) is 11.2 Å². The first kappa shape index (κ1) is 11.3. The van der Waals surface area contributed by atoms with Crippen molar-refractivity contribution < 1.29 is 9.53 Å². The van der Waals surface area contributed by atoms with Crippen LogP contribution in [0.5, 0.6) is 0 Å². The number of ketones is 1. The Kier molecular flexibility index (Phi) is 2.85. The number of rotatable bonds is 3. The molecule has 1 aromatic carbocycles. The van der Waals surface area contributed by atoms with Crippen LogP contribution in [0.4, 0.5) is 0 Å². The lowest BCUT2D eigenvalue weighted by molar-refractivity contribution is -0.125. The summed E-state index contributed by atoms with van der Waals surface area (Å²) in [5.74, 6) is 0.240. The minimum Gasteiger partial charge on any atom is -0.379 e. The Morgan fingerprint density at radius 1 is 1.38 bits per heavy atom. The van der Waals surface area contributed by atoms with E-state index < -0.39 is 0 Å². The molecule has 0 aromatic heterocycles. The Hall–Kier alpha value is -1.15. The number of Topliss-reactive ketones (excluding diaryl/α,β-unsaturated/α-hetero) is 1. The Balaban J connectivity index is 2.39. The molecule has 1 fully saturated rings. The maximum absolute atomic E-state index is 11.4. The fraction of sp³-hybridized carbons (Fsp3) is 0.500. The summed E-state index contributed by atoms with van der Waals surface area (Å²) in [5.41, 5.74) is 3.74. The van der Waals surface area contributed by atoms with Gasteiger partial charge in [0.2, 0.25) is 0 Å². The van der Waals surface area contributed by atoms with Crippen LogP contribution in [0.3, 0.4) is 0 Å². The highest BCUT2D eigenvalue weighted by atomic mass is 16.5. The highest BCUT2D eigenvalue weighted by molar-refractivity contribution is 5.77. The van der Waals surface area contributed by atoms with Crippen molar-refractivity contribution in [3.8, 4) is 0 Å². The smallest absolute Gasteiger partial charge is 0.130 e. The maximum Gasteiger partial charge on any atom is 0.130 e. The summed E-state index contributed by atoms with van der Waals surface area (Å²) in [6.07, 6.45) is 0.595. The number of benzene rings is 1. The molecular weight excluding hydrogens is 200 g/mol. The van der Waals surface area contributed by atoms with Crippen molar-refractivity contribution in [2.24, 2.45) is 0 Å². The molecule has 86 valence electrons. The Morgan fingerprint density at radius 2 is 2.06 bits per heavy atom. The van der Waals surface area contributed by atoms with E-state index in [1.165, 1.54) is 16.7 Å². The predicted molar refractivity (Wildman–Crippen MR) is 63.7 cm³/mol. The third-order valence-electron chi connectivity index (χ3n) is 3.31. The normalized spacial score (nSPS) is 17.9. The number of carbonyl (C=O) groups is 1. The summed E-state index contributed by atoms with van der Waals surface area (Å²) in [7, 11) is 0. The van der Waals surface area contributed by atoms with E-state index in [2.05, 4.69) is 32.0 Å². The molecule has 0 amide bonds. The second-order valence-electron chi connectivity index (χ2n) is 4.97. The molecule has 16 heavy (non-hydrogen) atoms. The highest BCUT2D eigenvalue weighted by Crippen LogP contribution is 2.38. The van der Waals surface area contributed by atoms with Crippen LogP contribution in [0.2, 0.25) is 0 Å². The SMILES string of the molecule is CC(=O)CC1(c2cc(C)ccc2C)COC1. The van der Waals surface area contributed by atoms with Gasteiger partial charge in [0, 0.05) is 11.8 Å². The van der Waals surface area contributed by atoms with E-state index >= 15 is 0 Å². The molecule has 0 spiro atoms. The molecule has 0 N–H and O–H groups in total. The molecule has 1 aliphatic heterocycles. The molecule has 2 heteroatoms. The second-order valence-corrected chi connectivity index (χ2v) is 4.97. The van der Waals surface area contributed by atoms with E-state index in [0.29, 0.717) is 19.6 Å². The molecule has 0 unspecified atom stereocenters. The summed E-state index contributed by atoms with van der Waals surface area (Å²) in [5, 5.41) is 0. The zero-order chi connectivity index (χ0) is 11.8.